The zero-order valence-electron chi connectivity index (χ0n) is 11.4. The van der Waals surface area contributed by atoms with Crippen LogP contribution in [0.1, 0.15) is 12.6 Å². The number of hydrogen-bond acceptors (Lipinski definition) is 1. The van der Waals surface area contributed by atoms with Gasteiger partial charge in [-0.05, 0) is 36.1 Å². The number of fused-ring (bicyclic) bond motifs is 1. The van der Waals surface area contributed by atoms with Gasteiger partial charge in [0.15, 0.2) is 0 Å². The van der Waals surface area contributed by atoms with Gasteiger partial charge in [0.2, 0.25) is 0 Å². The van der Waals surface area contributed by atoms with E-state index in [1.165, 1.54) is 10.6 Å². The third-order valence-electron chi connectivity index (χ3n) is 3.19. The van der Waals surface area contributed by atoms with Crippen LogP contribution < -0.4 is 5.56 Å². The van der Waals surface area contributed by atoms with E-state index in [9.17, 15) is 9.18 Å². The van der Waals surface area contributed by atoms with Crippen molar-refractivity contribution in [1.29, 1.82) is 0 Å². The van der Waals surface area contributed by atoms with E-state index in [1.807, 2.05) is 13.0 Å². The SMILES string of the molecule is C=C/C=C(\C=C)n1c(CC)cc2cccc(F)c2c1=O. The molecule has 20 heavy (non-hydrogen) atoms. The predicted octanol–water partition coefficient (Wildman–Crippen LogP) is 3.92. The van der Waals surface area contributed by atoms with Gasteiger partial charge in [-0.15, -0.1) is 0 Å². The summed E-state index contributed by atoms with van der Waals surface area (Å²) in [4.78, 5) is 12.6. The van der Waals surface area contributed by atoms with Crippen LogP contribution in [-0.2, 0) is 6.42 Å². The summed E-state index contributed by atoms with van der Waals surface area (Å²) in [5.74, 6) is -0.508. The second-order valence-electron chi connectivity index (χ2n) is 4.37. The normalized spacial score (nSPS) is 11.6. The largest absolute Gasteiger partial charge is 0.281 e. The number of nitrogens with zero attached hydrogens (tertiary/aromatic N) is 1. The number of halogens is 1. The van der Waals surface area contributed by atoms with Gasteiger partial charge < -0.3 is 0 Å². The lowest BCUT2D eigenvalue weighted by Gasteiger charge is -2.14. The molecule has 0 aliphatic rings. The minimum absolute atomic E-state index is 0.0986. The third kappa shape index (κ3) is 2.23. The molecule has 102 valence electrons. The summed E-state index contributed by atoms with van der Waals surface area (Å²) in [6.45, 7) is 9.28. The quantitative estimate of drug-likeness (QED) is 0.771. The fourth-order valence-corrected chi connectivity index (χ4v) is 2.27. The van der Waals surface area contributed by atoms with Crippen molar-refractivity contribution < 1.29 is 4.39 Å². The Hall–Kier alpha value is -2.42. The highest BCUT2D eigenvalue weighted by atomic mass is 19.1. The molecule has 3 heteroatoms. The molecule has 0 aliphatic heterocycles. The first kappa shape index (κ1) is 14.0. The monoisotopic (exact) mass is 269 g/mol. The number of rotatable bonds is 4. The van der Waals surface area contributed by atoms with E-state index < -0.39 is 5.82 Å². The van der Waals surface area contributed by atoms with E-state index in [0.29, 0.717) is 17.5 Å². The van der Waals surface area contributed by atoms with Crippen molar-refractivity contribution in [2.45, 2.75) is 13.3 Å². The van der Waals surface area contributed by atoms with E-state index in [0.717, 1.165) is 5.69 Å². The van der Waals surface area contributed by atoms with Crippen LogP contribution in [0.4, 0.5) is 4.39 Å². The number of benzene rings is 1. The van der Waals surface area contributed by atoms with Crippen molar-refractivity contribution in [3.63, 3.8) is 0 Å². The van der Waals surface area contributed by atoms with Crippen LogP contribution in [0.15, 0.2) is 60.4 Å². The lowest BCUT2D eigenvalue weighted by atomic mass is 10.1. The summed E-state index contributed by atoms with van der Waals surface area (Å²) in [7, 11) is 0. The molecule has 1 aromatic carbocycles. The van der Waals surface area contributed by atoms with Crippen LogP contribution >= 0.6 is 0 Å². The van der Waals surface area contributed by atoms with Gasteiger partial charge in [-0.3, -0.25) is 9.36 Å². The van der Waals surface area contributed by atoms with Crippen LogP contribution in [0, 0.1) is 5.82 Å². The highest BCUT2D eigenvalue weighted by Crippen LogP contribution is 2.18. The summed E-state index contributed by atoms with van der Waals surface area (Å²) in [6.07, 6.45) is 5.48. The Kier molecular flexibility index (Phi) is 3.99. The first-order valence-electron chi connectivity index (χ1n) is 6.42. The van der Waals surface area contributed by atoms with E-state index in [-0.39, 0.29) is 10.9 Å². The predicted molar refractivity (Wildman–Crippen MR) is 82.2 cm³/mol. The zero-order valence-corrected chi connectivity index (χ0v) is 11.4. The van der Waals surface area contributed by atoms with Crippen molar-refractivity contribution in [3.05, 3.63) is 77.5 Å². The molecule has 1 aromatic heterocycles. The molecular weight excluding hydrogens is 253 g/mol. The van der Waals surface area contributed by atoms with Crippen LogP contribution in [0.3, 0.4) is 0 Å². The standard InChI is InChI=1S/C17H16FNO/c1-4-8-13(5-2)19-14(6-3)11-12-9-7-10-15(18)16(12)17(19)20/h4-5,7-11H,1-2,6H2,3H3/b13-8+. The first-order valence-corrected chi connectivity index (χ1v) is 6.42. The maximum atomic E-state index is 13.9. The third-order valence-corrected chi connectivity index (χ3v) is 3.19. The Labute approximate surface area is 117 Å². The molecule has 0 N–H and O–H groups in total. The molecule has 0 amide bonds. The number of aryl methyl sites for hydroxylation is 1. The minimum atomic E-state index is -0.508. The molecule has 2 nitrogen and oxygen atoms in total. The van der Waals surface area contributed by atoms with E-state index in [2.05, 4.69) is 13.2 Å². The van der Waals surface area contributed by atoms with E-state index >= 15 is 0 Å². The molecule has 0 spiro atoms. The smallest absolute Gasteiger partial charge is 0.266 e. The fourth-order valence-electron chi connectivity index (χ4n) is 2.27. The fraction of sp³-hybridized carbons (Fsp3) is 0.118. The Bertz CT molecular complexity index is 768. The highest BCUT2D eigenvalue weighted by molar-refractivity contribution is 5.83. The van der Waals surface area contributed by atoms with Crippen LogP contribution in [0.2, 0.25) is 0 Å². The van der Waals surface area contributed by atoms with Crippen molar-refractivity contribution in [2.75, 3.05) is 0 Å². The van der Waals surface area contributed by atoms with Crippen molar-refractivity contribution >= 4 is 16.5 Å². The maximum absolute atomic E-state index is 13.9. The molecule has 0 unspecified atom stereocenters. The number of aromatic nitrogens is 1. The maximum Gasteiger partial charge on any atom is 0.266 e. The second-order valence-corrected chi connectivity index (χ2v) is 4.37. The lowest BCUT2D eigenvalue weighted by Crippen LogP contribution is -2.23. The van der Waals surface area contributed by atoms with Gasteiger partial charge in [-0.25, -0.2) is 4.39 Å². The zero-order chi connectivity index (χ0) is 14.7. The Balaban J connectivity index is 2.96. The van der Waals surface area contributed by atoms with Gasteiger partial charge in [0.05, 0.1) is 5.39 Å². The summed E-state index contributed by atoms with van der Waals surface area (Å²) in [5, 5.41) is 0.714. The first-order chi connectivity index (χ1) is 9.63. The van der Waals surface area contributed by atoms with Gasteiger partial charge in [0, 0.05) is 11.4 Å². The average molecular weight is 269 g/mol. The van der Waals surface area contributed by atoms with Crippen molar-refractivity contribution in [3.8, 4) is 0 Å². The van der Waals surface area contributed by atoms with Crippen LogP contribution in [0.25, 0.3) is 16.5 Å². The number of hydrogen-bond donors (Lipinski definition) is 0. The molecule has 2 rings (SSSR count). The molecule has 2 aromatic rings. The molecule has 0 bridgehead atoms. The minimum Gasteiger partial charge on any atom is -0.281 e. The highest BCUT2D eigenvalue weighted by Gasteiger charge is 2.12. The second kappa shape index (κ2) is 5.70. The van der Waals surface area contributed by atoms with Gasteiger partial charge in [0.25, 0.3) is 5.56 Å². The lowest BCUT2D eigenvalue weighted by molar-refractivity contribution is 0.637. The van der Waals surface area contributed by atoms with Crippen LogP contribution in [-0.4, -0.2) is 4.57 Å². The van der Waals surface area contributed by atoms with E-state index in [4.69, 9.17) is 0 Å². The van der Waals surface area contributed by atoms with Gasteiger partial charge in [-0.2, -0.15) is 0 Å². The molecular formula is C17H16FNO. The molecule has 0 radical (unpaired) electrons. The molecule has 0 fully saturated rings. The molecule has 0 saturated heterocycles. The molecule has 0 saturated carbocycles. The summed E-state index contributed by atoms with van der Waals surface area (Å²) >= 11 is 0. The Morgan fingerprint density at radius 1 is 1.40 bits per heavy atom. The van der Waals surface area contributed by atoms with Gasteiger partial charge >= 0.3 is 0 Å². The Morgan fingerprint density at radius 2 is 2.15 bits per heavy atom. The number of pyridine rings is 1. The molecule has 1 heterocycles. The van der Waals surface area contributed by atoms with Crippen molar-refractivity contribution in [2.24, 2.45) is 0 Å². The Morgan fingerprint density at radius 3 is 2.75 bits per heavy atom. The van der Waals surface area contributed by atoms with Crippen LogP contribution in [0.5, 0.6) is 0 Å². The number of allylic oxidation sites excluding steroid dienone is 4. The molecule has 0 aliphatic carbocycles. The average Bonchev–Trinajstić information content (AvgIpc) is 2.45. The van der Waals surface area contributed by atoms with Crippen molar-refractivity contribution in [1.82, 2.24) is 4.57 Å². The van der Waals surface area contributed by atoms with Gasteiger partial charge in [0.1, 0.15) is 5.82 Å². The summed E-state index contributed by atoms with van der Waals surface area (Å²) < 4.78 is 15.4. The summed E-state index contributed by atoms with van der Waals surface area (Å²) in [6, 6.07) is 6.48. The topological polar surface area (TPSA) is 22.0 Å². The summed E-state index contributed by atoms with van der Waals surface area (Å²) in [5.41, 5.74) is 1.03. The molecule has 0 atom stereocenters. The van der Waals surface area contributed by atoms with E-state index in [1.54, 1.807) is 30.4 Å². The van der Waals surface area contributed by atoms with Gasteiger partial charge in [-0.1, -0.05) is 38.3 Å².